The van der Waals surface area contributed by atoms with Crippen LogP contribution in [0.2, 0.25) is 0 Å². The van der Waals surface area contributed by atoms with E-state index in [0.29, 0.717) is 5.56 Å². The molecule has 0 aliphatic rings. The topological polar surface area (TPSA) is 205 Å². The number of hydrazone groups is 1. The number of phenols is 3. The Morgan fingerprint density at radius 3 is 1.80 bits per heavy atom. The molecular formula is C18H17N2O9Sm. The fourth-order valence-electron chi connectivity index (χ4n) is 1.55. The van der Waals surface area contributed by atoms with Gasteiger partial charge in [0.15, 0.2) is 0 Å². The molecule has 0 bridgehead atoms. The predicted octanol–water partition coefficient (Wildman–Crippen LogP) is -1.85. The molecular weight excluding hydrogens is 539 g/mol. The number of aromatic hydroxyl groups is 3. The van der Waals surface area contributed by atoms with E-state index in [1.165, 1.54) is 12.3 Å². The number of carboxylic acids is 2. The van der Waals surface area contributed by atoms with Gasteiger partial charge in [0, 0.05) is 23.1 Å². The van der Waals surface area contributed by atoms with Crippen LogP contribution in [0.3, 0.4) is 0 Å². The Hall–Kier alpha value is -2.94. The number of hydrogen-bond acceptors (Lipinski definition) is 10. The molecule has 0 heterocycles. The number of carbonyl (C=O) groups excluding carboxylic acids is 3. The second kappa shape index (κ2) is 15.0. The van der Waals surface area contributed by atoms with Crippen molar-refractivity contribution >= 4 is 24.1 Å². The normalized spacial score (nSPS) is 9.13. The zero-order valence-corrected chi connectivity index (χ0v) is 18.3. The molecule has 0 atom stereocenters. The number of amides is 1. The van der Waals surface area contributed by atoms with E-state index in [2.05, 4.69) is 10.5 Å². The molecule has 12 heteroatoms. The number of hydrogen-bond donors (Lipinski definition) is 4. The van der Waals surface area contributed by atoms with Crippen molar-refractivity contribution in [3.8, 4) is 23.0 Å². The van der Waals surface area contributed by atoms with Gasteiger partial charge in [0.1, 0.15) is 17.2 Å². The van der Waals surface area contributed by atoms with Crippen molar-refractivity contribution in [2.24, 2.45) is 5.10 Å². The van der Waals surface area contributed by atoms with Gasteiger partial charge in [0.05, 0.1) is 6.21 Å². The summed E-state index contributed by atoms with van der Waals surface area (Å²) in [5, 5.41) is 60.5. The maximum absolute atomic E-state index is 11.7. The Labute approximate surface area is 203 Å². The maximum atomic E-state index is 11.7. The third-order valence-electron chi connectivity index (χ3n) is 2.62. The van der Waals surface area contributed by atoms with Crippen LogP contribution in [-0.2, 0) is 9.59 Å². The summed E-state index contributed by atoms with van der Waals surface area (Å²) in [5.41, 5.74) is 2.42. The summed E-state index contributed by atoms with van der Waals surface area (Å²) in [4.78, 5) is 29.5. The first kappa shape index (κ1) is 29.3. The SMILES string of the molecule is CC(=O)[O-].CC(=O)[O-].O=C(N/N=C/c1ccccc1O)c1cc(O)c([O-])c(O)c1.[Sm+3]. The van der Waals surface area contributed by atoms with E-state index in [1.807, 2.05) is 0 Å². The van der Waals surface area contributed by atoms with Crippen molar-refractivity contribution in [2.75, 3.05) is 0 Å². The molecule has 0 spiro atoms. The van der Waals surface area contributed by atoms with Gasteiger partial charge in [0.25, 0.3) is 5.91 Å². The van der Waals surface area contributed by atoms with E-state index < -0.39 is 35.1 Å². The second-order valence-corrected chi connectivity index (χ2v) is 5.08. The molecule has 0 aliphatic carbocycles. The summed E-state index contributed by atoms with van der Waals surface area (Å²) in [6, 6.07) is 8.23. The minimum absolute atomic E-state index is 0. The van der Waals surface area contributed by atoms with E-state index in [1.54, 1.807) is 18.2 Å². The fourth-order valence-corrected chi connectivity index (χ4v) is 1.55. The minimum Gasteiger partial charge on any atom is -0.867 e. The molecule has 1 amide bonds. The maximum Gasteiger partial charge on any atom is 3.00 e. The number of benzene rings is 2. The molecule has 0 saturated carbocycles. The first-order valence-electron chi connectivity index (χ1n) is 7.65. The number of phenolic OH excluding ortho intramolecular Hbond substituents is 3. The van der Waals surface area contributed by atoms with Gasteiger partial charge < -0.3 is 40.2 Å². The third kappa shape index (κ3) is 12.5. The first-order valence-corrected chi connectivity index (χ1v) is 7.65. The van der Waals surface area contributed by atoms with Crippen molar-refractivity contribution in [1.82, 2.24) is 5.43 Å². The second-order valence-electron chi connectivity index (χ2n) is 5.08. The average Bonchev–Trinajstić information content (AvgIpc) is 2.59. The Kier molecular flexibility index (Phi) is 14.6. The van der Waals surface area contributed by atoms with Gasteiger partial charge in [0.2, 0.25) is 0 Å². The third-order valence-corrected chi connectivity index (χ3v) is 2.62. The molecule has 159 valence electrons. The van der Waals surface area contributed by atoms with Crippen molar-refractivity contribution in [2.45, 2.75) is 13.8 Å². The minimum atomic E-state index is -1.08. The number of carbonyl (C=O) groups is 3. The Balaban J connectivity index is 0. The van der Waals surface area contributed by atoms with Crippen molar-refractivity contribution in [3.63, 3.8) is 0 Å². The molecule has 0 aromatic heterocycles. The molecule has 0 fully saturated rings. The number of rotatable bonds is 3. The van der Waals surface area contributed by atoms with Crippen LogP contribution in [0.4, 0.5) is 0 Å². The van der Waals surface area contributed by atoms with E-state index in [0.717, 1.165) is 26.0 Å². The van der Waals surface area contributed by atoms with E-state index in [4.69, 9.17) is 19.8 Å². The van der Waals surface area contributed by atoms with E-state index >= 15 is 0 Å². The summed E-state index contributed by atoms with van der Waals surface area (Å²) >= 11 is 0. The van der Waals surface area contributed by atoms with Crippen LogP contribution in [0.1, 0.15) is 29.8 Å². The molecule has 2 aromatic carbocycles. The molecule has 1 radical (unpaired) electrons. The Morgan fingerprint density at radius 1 is 0.933 bits per heavy atom. The van der Waals surface area contributed by atoms with Gasteiger partial charge in [-0.1, -0.05) is 12.1 Å². The zero-order chi connectivity index (χ0) is 22.6. The molecule has 2 aromatic rings. The van der Waals surface area contributed by atoms with Crippen LogP contribution in [0.15, 0.2) is 41.5 Å². The standard InChI is InChI=1S/C14H12N2O5.2C2H4O2.Sm/c17-10-4-2-1-3-8(10)7-15-16-14(21)9-5-11(18)13(20)12(19)6-9;2*1-2(3)4;/h1-7,17-20H,(H,16,21);2*1H3,(H,3,4);/q;;;+3/p-3/b15-7+;;;. The largest absolute Gasteiger partial charge is 3.00 e. The van der Waals surface area contributed by atoms with Crippen LogP contribution in [0, 0.1) is 40.4 Å². The van der Waals surface area contributed by atoms with Gasteiger partial charge in [-0.2, -0.15) is 5.10 Å². The average molecular weight is 556 g/mol. The van der Waals surface area contributed by atoms with Crippen LogP contribution in [0.25, 0.3) is 0 Å². The Morgan fingerprint density at radius 2 is 1.37 bits per heavy atom. The summed E-state index contributed by atoms with van der Waals surface area (Å²) in [5.74, 6) is -5.31. The van der Waals surface area contributed by atoms with Crippen LogP contribution in [0.5, 0.6) is 23.0 Å². The molecule has 0 unspecified atom stereocenters. The van der Waals surface area contributed by atoms with Crippen LogP contribution < -0.4 is 20.7 Å². The van der Waals surface area contributed by atoms with Crippen molar-refractivity contribution in [1.29, 1.82) is 0 Å². The van der Waals surface area contributed by atoms with Gasteiger partial charge in [-0.3, -0.25) is 4.79 Å². The van der Waals surface area contributed by atoms with Gasteiger partial charge in [-0.15, -0.1) is 0 Å². The van der Waals surface area contributed by atoms with Crippen LogP contribution in [-0.4, -0.2) is 39.4 Å². The quantitative estimate of drug-likeness (QED) is 0.247. The molecule has 0 aliphatic heterocycles. The summed E-state index contributed by atoms with van der Waals surface area (Å²) in [6.07, 6.45) is 1.23. The predicted molar refractivity (Wildman–Crippen MR) is 93.7 cm³/mol. The molecule has 0 saturated heterocycles. The smallest absolute Gasteiger partial charge is 0.867 e. The molecule has 4 N–H and O–H groups in total. The number of aliphatic carboxylic acids is 2. The number of carboxylic acid groups (broad SMARTS) is 2. The number of nitrogens with zero attached hydrogens (tertiary/aromatic N) is 1. The molecule has 30 heavy (non-hydrogen) atoms. The number of para-hydroxylation sites is 1. The monoisotopic (exact) mass is 557 g/mol. The summed E-state index contributed by atoms with van der Waals surface area (Å²) in [6.45, 7) is 1.94. The van der Waals surface area contributed by atoms with Crippen molar-refractivity contribution in [3.05, 3.63) is 47.5 Å². The van der Waals surface area contributed by atoms with Gasteiger partial charge >= 0.3 is 40.4 Å². The molecule has 2 rings (SSSR count). The van der Waals surface area contributed by atoms with E-state index in [9.17, 15) is 25.2 Å². The summed E-state index contributed by atoms with van der Waals surface area (Å²) in [7, 11) is 0. The summed E-state index contributed by atoms with van der Waals surface area (Å²) < 4.78 is 0. The fraction of sp³-hybridized carbons (Fsp3) is 0.111. The molecule has 11 nitrogen and oxygen atoms in total. The van der Waals surface area contributed by atoms with E-state index in [-0.39, 0.29) is 51.7 Å². The Bertz CT molecular complexity index is 858. The van der Waals surface area contributed by atoms with Gasteiger partial charge in [-0.05, 0) is 43.9 Å². The van der Waals surface area contributed by atoms with Crippen molar-refractivity contribution < 1.29 is 85.4 Å². The van der Waals surface area contributed by atoms with Gasteiger partial charge in [-0.25, -0.2) is 5.43 Å². The number of nitrogens with one attached hydrogen (secondary N) is 1. The van der Waals surface area contributed by atoms with Crippen LogP contribution >= 0.6 is 0 Å². The first-order chi connectivity index (χ1) is 13.5. The zero-order valence-electron chi connectivity index (χ0n) is 15.7.